The number of halogens is 4. The SMILES string of the molecule is COc1cc(-c2noc(CNc3ccc(Br)cc3F)n2)ccc1OC(F)F. The molecule has 0 unspecified atom stereocenters. The molecule has 3 aromatic rings. The molecule has 142 valence electrons. The maximum Gasteiger partial charge on any atom is 0.387 e. The molecule has 6 nitrogen and oxygen atoms in total. The summed E-state index contributed by atoms with van der Waals surface area (Å²) >= 11 is 3.18. The first kappa shape index (κ1) is 19.0. The van der Waals surface area contributed by atoms with Gasteiger partial charge in [-0.3, -0.25) is 0 Å². The lowest BCUT2D eigenvalue weighted by atomic mass is 10.2. The van der Waals surface area contributed by atoms with E-state index in [4.69, 9.17) is 9.26 Å². The monoisotopic (exact) mass is 443 g/mol. The molecule has 3 rings (SSSR count). The lowest BCUT2D eigenvalue weighted by Crippen LogP contribution is -2.03. The summed E-state index contributed by atoms with van der Waals surface area (Å²) in [7, 11) is 1.33. The van der Waals surface area contributed by atoms with Gasteiger partial charge in [0, 0.05) is 10.0 Å². The van der Waals surface area contributed by atoms with Gasteiger partial charge < -0.3 is 19.3 Å². The largest absolute Gasteiger partial charge is 0.493 e. The zero-order valence-corrected chi connectivity index (χ0v) is 15.5. The standard InChI is InChI=1S/C17H13BrF3N3O3/c1-25-14-6-9(2-5-13(14)26-17(20)21)16-23-15(27-24-16)8-22-12-4-3-10(18)7-11(12)19/h2-7,17,22H,8H2,1H3. The number of hydrogen-bond donors (Lipinski definition) is 1. The van der Waals surface area contributed by atoms with Crippen LogP contribution in [-0.2, 0) is 6.54 Å². The number of nitrogens with one attached hydrogen (secondary N) is 1. The van der Waals surface area contributed by atoms with Crippen molar-refractivity contribution < 1.29 is 27.2 Å². The molecule has 0 radical (unpaired) electrons. The van der Waals surface area contributed by atoms with Crippen molar-refractivity contribution in [3.8, 4) is 22.9 Å². The second-order valence-corrected chi connectivity index (χ2v) is 6.15. The van der Waals surface area contributed by atoms with E-state index in [-0.39, 0.29) is 35.4 Å². The molecule has 0 aliphatic rings. The third-order valence-electron chi connectivity index (χ3n) is 3.47. The van der Waals surface area contributed by atoms with Crippen molar-refractivity contribution in [1.29, 1.82) is 0 Å². The molecule has 0 bridgehead atoms. The molecule has 0 fully saturated rings. The van der Waals surface area contributed by atoms with Crippen LogP contribution < -0.4 is 14.8 Å². The summed E-state index contributed by atoms with van der Waals surface area (Å²) in [5, 5.41) is 6.68. The summed E-state index contributed by atoms with van der Waals surface area (Å²) in [6, 6.07) is 8.87. The Kier molecular flexibility index (Phi) is 5.84. The van der Waals surface area contributed by atoms with E-state index in [1.54, 1.807) is 12.1 Å². The Bertz CT molecular complexity index is 937. The smallest absolute Gasteiger partial charge is 0.387 e. The number of anilines is 1. The molecule has 1 aromatic heterocycles. The van der Waals surface area contributed by atoms with Crippen molar-refractivity contribution >= 4 is 21.6 Å². The van der Waals surface area contributed by atoms with Crippen LogP contribution in [0.25, 0.3) is 11.4 Å². The number of hydrogen-bond acceptors (Lipinski definition) is 6. The predicted molar refractivity (Wildman–Crippen MR) is 94.3 cm³/mol. The van der Waals surface area contributed by atoms with Crippen molar-refractivity contribution in [2.45, 2.75) is 13.2 Å². The Morgan fingerprint density at radius 3 is 2.70 bits per heavy atom. The molecular weight excluding hydrogens is 431 g/mol. The summed E-state index contributed by atoms with van der Waals surface area (Å²) in [6.07, 6.45) is 0. The molecular formula is C17H13BrF3N3O3. The van der Waals surface area contributed by atoms with Gasteiger partial charge in [0.05, 0.1) is 19.3 Å². The van der Waals surface area contributed by atoms with Gasteiger partial charge in [0.2, 0.25) is 11.7 Å². The van der Waals surface area contributed by atoms with Crippen molar-refractivity contribution in [1.82, 2.24) is 10.1 Å². The highest BCUT2D eigenvalue weighted by Crippen LogP contribution is 2.32. The molecule has 1 heterocycles. The highest BCUT2D eigenvalue weighted by molar-refractivity contribution is 9.10. The molecule has 0 saturated heterocycles. The second kappa shape index (κ2) is 8.30. The van der Waals surface area contributed by atoms with Crippen molar-refractivity contribution in [3.05, 3.63) is 52.6 Å². The van der Waals surface area contributed by atoms with Crippen LogP contribution >= 0.6 is 15.9 Å². The van der Waals surface area contributed by atoms with Crippen LogP contribution in [0.2, 0.25) is 0 Å². The Labute approximate surface area is 160 Å². The van der Waals surface area contributed by atoms with Crippen LogP contribution in [0.3, 0.4) is 0 Å². The fourth-order valence-corrected chi connectivity index (χ4v) is 2.58. The fraction of sp³-hybridized carbons (Fsp3) is 0.176. The van der Waals surface area contributed by atoms with Crippen LogP contribution in [0.1, 0.15) is 5.89 Å². The minimum atomic E-state index is -2.97. The third kappa shape index (κ3) is 4.70. The number of rotatable bonds is 7. The predicted octanol–water partition coefficient (Wildman–Crippen LogP) is 4.86. The van der Waals surface area contributed by atoms with Gasteiger partial charge in [-0.1, -0.05) is 21.1 Å². The molecule has 0 atom stereocenters. The zero-order chi connectivity index (χ0) is 19.4. The highest BCUT2D eigenvalue weighted by atomic mass is 79.9. The van der Waals surface area contributed by atoms with Crippen LogP contribution in [0.15, 0.2) is 45.4 Å². The Hall–Kier alpha value is -2.75. The third-order valence-corrected chi connectivity index (χ3v) is 3.96. The van der Waals surface area contributed by atoms with E-state index in [1.807, 2.05) is 0 Å². The minimum Gasteiger partial charge on any atom is -0.493 e. The van der Waals surface area contributed by atoms with E-state index in [0.717, 1.165) is 0 Å². The lowest BCUT2D eigenvalue weighted by Gasteiger charge is -2.10. The maximum atomic E-state index is 13.8. The zero-order valence-electron chi connectivity index (χ0n) is 13.9. The number of benzene rings is 2. The topological polar surface area (TPSA) is 69.4 Å². The number of nitrogens with zero attached hydrogens (tertiary/aromatic N) is 2. The van der Waals surface area contributed by atoms with Crippen molar-refractivity contribution in [3.63, 3.8) is 0 Å². The molecule has 0 aliphatic carbocycles. The van der Waals surface area contributed by atoms with Gasteiger partial charge in [-0.15, -0.1) is 0 Å². The van der Waals surface area contributed by atoms with Gasteiger partial charge in [0.25, 0.3) is 0 Å². The first-order valence-electron chi connectivity index (χ1n) is 7.61. The second-order valence-electron chi connectivity index (χ2n) is 5.23. The van der Waals surface area contributed by atoms with Crippen molar-refractivity contribution in [2.75, 3.05) is 12.4 Å². The molecule has 0 spiro atoms. The number of aromatic nitrogens is 2. The summed E-state index contributed by atoms with van der Waals surface area (Å²) in [4.78, 5) is 4.19. The molecule has 0 aliphatic heterocycles. The molecule has 2 aromatic carbocycles. The quantitative estimate of drug-likeness (QED) is 0.562. The minimum absolute atomic E-state index is 0.104. The van der Waals surface area contributed by atoms with Crippen LogP contribution in [-0.4, -0.2) is 23.9 Å². The average molecular weight is 444 g/mol. The summed E-state index contributed by atoms with van der Waals surface area (Å²) in [5.41, 5.74) is 0.770. The van der Waals surface area contributed by atoms with E-state index in [9.17, 15) is 13.2 Å². The number of methoxy groups -OCH3 is 1. The van der Waals surface area contributed by atoms with E-state index in [2.05, 4.69) is 36.1 Å². The van der Waals surface area contributed by atoms with Gasteiger partial charge in [0.15, 0.2) is 11.5 Å². The first-order chi connectivity index (χ1) is 13.0. The number of ether oxygens (including phenoxy) is 2. The van der Waals surface area contributed by atoms with Gasteiger partial charge >= 0.3 is 6.61 Å². The van der Waals surface area contributed by atoms with Gasteiger partial charge in [-0.2, -0.15) is 13.8 Å². The Morgan fingerprint density at radius 1 is 1.19 bits per heavy atom. The van der Waals surface area contributed by atoms with Gasteiger partial charge in [-0.25, -0.2) is 4.39 Å². The molecule has 0 saturated carbocycles. The summed E-state index contributed by atoms with van der Waals surface area (Å²) in [6.45, 7) is -2.86. The molecule has 0 amide bonds. The van der Waals surface area contributed by atoms with E-state index < -0.39 is 12.4 Å². The van der Waals surface area contributed by atoms with Crippen LogP contribution in [0.5, 0.6) is 11.5 Å². The number of alkyl halides is 2. The van der Waals surface area contributed by atoms with E-state index in [0.29, 0.717) is 10.0 Å². The summed E-state index contributed by atoms with van der Waals surface area (Å²) in [5.74, 6) is 0.0224. The molecule has 1 N–H and O–H groups in total. The maximum absolute atomic E-state index is 13.8. The average Bonchev–Trinajstić information content (AvgIpc) is 3.10. The summed E-state index contributed by atoms with van der Waals surface area (Å²) < 4.78 is 53.7. The van der Waals surface area contributed by atoms with E-state index in [1.165, 1.54) is 31.4 Å². The molecule has 27 heavy (non-hydrogen) atoms. The molecule has 10 heteroatoms. The Morgan fingerprint density at radius 2 is 2.00 bits per heavy atom. The van der Waals surface area contributed by atoms with Crippen LogP contribution in [0, 0.1) is 5.82 Å². The lowest BCUT2D eigenvalue weighted by molar-refractivity contribution is -0.0512. The normalized spacial score (nSPS) is 10.9. The fourth-order valence-electron chi connectivity index (χ4n) is 2.25. The van der Waals surface area contributed by atoms with Crippen molar-refractivity contribution in [2.24, 2.45) is 0 Å². The first-order valence-corrected chi connectivity index (χ1v) is 8.40. The van der Waals surface area contributed by atoms with Gasteiger partial charge in [-0.05, 0) is 36.4 Å². The van der Waals surface area contributed by atoms with E-state index >= 15 is 0 Å². The Balaban J connectivity index is 1.73. The van der Waals surface area contributed by atoms with Crippen LogP contribution in [0.4, 0.5) is 18.9 Å². The van der Waals surface area contributed by atoms with Gasteiger partial charge in [0.1, 0.15) is 5.82 Å². The highest BCUT2D eigenvalue weighted by Gasteiger charge is 2.15.